The topological polar surface area (TPSA) is 71.8 Å². The van der Waals surface area contributed by atoms with Gasteiger partial charge in [-0.3, -0.25) is 0 Å². The average Bonchev–Trinajstić information content (AvgIpc) is 2.75. The molecule has 0 saturated heterocycles. The van der Waals surface area contributed by atoms with Crippen LogP contribution in [-0.4, -0.2) is 46.6 Å². The van der Waals surface area contributed by atoms with E-state index < -0.39 is 10.0 Å². The number of nitrogens with one attached hydrogen (secondary N) is 1. The summed E-state index contributed by atoms with van der Waals surface area (Å²) in [5, 5.41) is 3.13. The maximum absolute atomic E-state index is 11.8. The number of hydrogen-bond donors (Lipinski definition) is 1. The van der Waals surface area contributed by atoms with Crippen LogP contribution in [0.15, 0.2) is 21.6 Å². The van der Waals surface area contributed by atoms with Crippen molar-refractivity contribution in [3.63, 3.8) is 0 Å². The minimum atomic E-state index is -3.49. The van der Waals surface area contributed by atoms with Gasteiger partial charge in [0.25, 0.3) is 10.0 Å². The zero-order valence-electron chi connectivity index (χ0n) is 11.1. The molecule has 7 heteroatoms. The second-order valence-corrected chi connectivity index (χ2v) is 6.33. The Bertz CT molecular complexity index is 467. The van der Waals surface area contributed by atoms with Gasteiger partial charge in [-0.05, 0) is 19.1 Å². The van der Waals surface area contributed by atoms with Gasteiger partial charge in [0.15, 0.2) is 0 Å². The van der Waals surface area contributed by atoms with E-state index in [2.05, 4.69) is 5.32 Å². The minimum absolute atomic E-state index is 0.0382. The first-order valence-corrected chi connectivity index (χ1v) is 7.05. The van der Waals surface area contributed by atoms with E-state index in [9.17, 15) is 8.42 Å². The van der Waals surface area contributed by atoms with Gasteiger partial charge < -0.3 is 14.5 Å². The molecule has 0 spiro atoms. The standard InChI is InChI=1S/C11H20N2O4S/c1-9(8-16-4)12-7-10-5-6-11(17-10)18(14,15)13(2)3/h5-6,9,12H,7-8H2,1-4H3. The molecular formula is C11H20N2O4S. The van der Waals surface area contributed by atoms with Crippen LogP contribution in [0.4, 0.5) is 0 Å². The number of methoxy groups -OCH3 is 1. The molecule has 0 radical (unpaired) electrons. The molecule has 104 valence electrons. The molecule has 0 aliphatic heterocycles. The van der Waals surface area contributed by atoms with Gasteiger partial charge in [0.1, 0.15) is 5.76 Å². The summed E-state index contributed by atoms with van der Waals surface area (Å²) in [5.41, 5.74) is 0. The first-order chi connectivity index (χ1) is 8.37. The first kappa shape index (κ1) is 15.2. The normalized spacial score (nSPS) is 14.1. The van der Waals surface area contributed by atoms with E-state index >= 15 is 0 Å². The van der Waals surface area contributed by atoms with Gasteiger partial charge in [-0.2, -0.15) is 0 Å². The summed E-state index contributed by atoms with van der Waals surface area (Å²) in [7, 11) is 1.08. The van der Waals surface area contributed by atoms with Crippen molar-refractivity contribution in [2.45, 2.75) is 24.6 Å². The third-order valence-corrected chi connectivity index (χ3v) is 4.10. The Morgan fingerprint density at radius 3 is 2.67 bits per heavy atom. The molecule has 0 saturated carbocycles. The lowest BCUT2D eigenvalue weighted by atomic mass is 10.3. The Morgan fingerprint density at radius 2 is 2.11 bits per heavy atom. The quantitative estimate of drug-likeness (QED) is 0.792. The van der Waals surface area contributed by atoms with E-state index in [1.54, 1.807) is 13.2 Å². The fraction of sp³-hybridized carbons (Fsp3) is 0.636. The van der Waals surface area contributed by atoms with Crippen molar-refractivity contribution in [1.29, 1.82) is 0 Å². The number of ether oxygens (including phenoxy) is 1. The Labute approximate surface area is 108 Å². The lowest BCUT2D eigenvalue weighted by Gasteiger charge is -2.11. The van der Waals surface area contributed by atoms with Crippen LogP contribution in [0.1, 0.15) is 12.7 Å². The molecule has 0 amide bonds. The number of hydrogen-bond acceptors (Lipinski definition) is 5. The Balaban J connectivity index is 2.65. The third kappa shape index (κ3) is 3.81. The van der Waals surface area contributed by atoms with Gasteiger partial charge >= 0.3 is 0 Å². The summed E-state index contributed by atoms with van der Waals surface area (Å²) >= 11 is 0. The SMILES string of the molecule is COCC(C)NCc1ccc(S(=O)(=O)N(C)C)o1. The van der Waals surface area contributed by atoms with Gasteiger partial charge in [0.05, 0.1) is 13.2 Å². The largest absolute Gasteiger partial charge is 0.447 e. The zero-order valence-corrected chi connectivity index (χ0v) is 12.0. The second kappa shape index (κ2) is 6.33. The molecule has 1 N–H and O–H groups in total. The predicted octanol–water partition coefficient (Wildman–Crippen LogP) is 0.654. The molecule has 0 bridgehead atoms. The highest BCUT2D eigenvalue weighted by Crippen LogP contribution is 2.16. The van der Waals surface area contributed by atoms with E-state index in [0.717, 1.165) is 4.31 Å². The Morgan fingerprint density at radius 1 is 1.44 bits per heavy atom. The van der Waals surface area contributed by atoms with Gasteiger partial charge in [-0.25, -0.2) is 12.7 Å². The highest BCUT2D eigenvalue weighted by Gasteiger charge is 2.21. The van der Waals surface area contributed by atoms with Crippen LogP contribution in [0, 0.1) is 0 Å². The maximum Gasteiger partial charge on any atom is 0.275 e. The summed E-state index contributed by atoms with van der Waals surface area (Å²) in [4.78, 5) is 0. The molecule has 1 aromatic heterocycles. The first-order valence-electron chi connectivity index (χ1n) is 5.61. The summed E-state index contributed by atoms with van der Waals surface area (Å²) in [5.74, 6) is 0.582. The number of furan rings is 1. The van der Waals surface area contributed by atoms with Crippen molar-refractivity contribution in [2.24, 2.45) is 0 Å². The lowest BCUT2D eigenvalue weighted by molar-refractivity contribution is 0.170. The molecule has 6 nitrogen and oxygen atoms in total. The monoisotopic (exact) mass is 276 g/mol. The molecule has 0 aliphatic carbocycles. The minimum Gasteiger partial charge on any atom is -0.447 e. The zero-order chi connectivity index (χ0) is 13.8. The van der Waals surface area contributed by atoms with Crippen molar-refractivity contribution in [3.8, 4) is 0 Å². The molecule has 1 heterocycles. The average molecular weight is 276 g/mol. The fourth-order valence-electron chi connectivity index (χ4n) is 1.36. The van der Waals surface area contributed by atoms with Gasteiger partial charge in [-0.15, -0.1) is 0 Å². The van der Waals surface area contributed by atoms with Gasteiger partial charge in [0, 0.05) is 27.2 Å². The molecule has 1 aromatic rings. The second-order valence-electron chi connectivity index (χ2n) is 4.25. The molecule has 0 aromatic carbocycles. The van der Waals surface area contributed by atoms with Crippen LogP contribution in [-0.2, 0) is 21.3 Å². The summed E-state index contributed by atoms with van der Waals surface area (Å²) in [6.07, 6.45) is 0. The molecule has 1 rings (SSSR count). The van der Waals surface area contributed by atoms with Crippen molar-refractivity contribution < 1.29 is 17.6 Å². The summed E-state index contributed by atoms with van der Waals surface area (Å²) in [6, 6.07) is 3.30. The number of rotatable bonds is 7. The smallest absolute Gasteiger partial charge is 0.275 e. The Kier molecular flexibility index (Phi) is 5.33. The van der Waals surface area contributed by atoms with Crippen molar-refractivity contribution in [2.75, 3.05) is 27.8 Å². The number of nitrogens with zero attached hydrogens (tertiary/aromatic N) is 1. The summed E-state index contributed by atoms with van der Waals surface area (Å²) in [6.45, 7) is 3.03. The van der Waals surface area contributed by atoms with E-state index in [4.69, 9.17) is 9.15 Å². The number of sulfonamides is 1. The maximum atomic E-state index is 11.8. The van der Waals surface area contributed by atoms with Crippen molar-refractivity contribution >= 4 is 10.0 Å². The lowest BCUT2D eigenvalue weighted by Crippen LogP contribution is -2.29. The third-order valence-electron chi connectivity index (χ3n) is 2.41. The Hall–Kier alpha value is -0.890. The van der Waals surface area contributed by atoms with Gasteiger partial charge in [0.2, 0.25) is 5.09 Å². The van der Waals surface area contributed by atoms with Crippen LogP contribution >= 0.6 is 0 Å². The van der Waals surface area contributed by atoms with E-state index in [-0.39, 0.29) is 11.1 Å². The molecule has 1 unspecified atom stereocenters. The van der Waals surface area contributed by atoms with Crippen molar-refractivity contribution in [1.82, 2.24) is 9.62 Å². The summed E-state index contributed by atoms with van der Waals surface area (Å²) < 4.78 is 35.0. The highest BCUT2D eigenvalue weighted by atomic mass is 32.2. The molecule has 18 heavy (non-hydrogen) atoms. The van der Waals surface area contributed by atoms with Crippen LogP contribution in [0.3, 0.4) is 0 Å². The van der Waals surface area contributed by atoms with Crippen LogP contribution in [0.5, 0.6) is 0 Å². The molecular weight excluding hydrogens is 256 g/mol. The molecule has 0 fully saturated rings. The molecule has 0 aliphatic rings. The van der Waals surface area contributed by atoms with Crippen LogP contribution in [0.25, 0.3) is 0 Å². The predicted molar refractivity (Wildman–Crippen MR) is 67.8 cm³/mol. The molecule has 1 atom stereocenters. The highest BCUT2D eigenvalue weighted by molar-refractivity contribution is 7.88. The van der Waals surface area contributed by atoms with Gasteiger partial charge in [-0.1, -0.05) is 0 Å². The van der Waals surface area contributed by atoms with Crippen molar-refractivity contribution in [3.05, 3.63) is 17.9 Å². The fourth-order valence-corrected chi connectivity index (χ4v) is 2.17. The van der Waals surface area contributed by atoms with Crippen LogP contribution in [0.2, 0.25) is 0 Å². The van der Waals surface area contributed by atoms with E-state index in [0.29, 0.717) is 18.9 Å². The van der Waals surface area contributed by atoms with E-state index in [1.165, 1.54) is 20.2 Å². The van der Waals surface area contributed by atoms with E-state index in [1.807, 2.05) is 6.92 Å². The van der Waals surface area contributed by atoms with Crippen LogP contribution < -0.4 is 5.32 Å².